The van der Waals surface area contributed by atoms with E-state index in [2.05, 4.69) is 41.3 Å². The zero-order chi connectivity index (χ0) is 22.0. The second-order valence-electron chi connectivity index (χ2n) is 8.94. The van der Waals surface area contributed by atoms with Crippen molar-refractivity contribution in [2.45, 2.75) is 58.2 Å². The third kappa shape index (κ3) is 4.97. The molecule has 2 heterocycles. The Balaban J connectivity index is 1.28. The Hall–Kier alpha value is -2.70. The number of benzene rings is 2. The van der Waals surface area contributed by atoms with Crippen LogP contribution in [0.5, 0.6) is 0 Å². The van der Waals surface area contributed by atoms with Crippen LogP contribution in [0.2, 0.25) is 0 Å². The molecular formula is C25H32N4O2. The number of amides is 2. The van der Waals surface area contributed by atoms with Crippen molar-refractivity contribution in [2.24, 2.45) is 0 Å². The number of hydrogen-bond acceptors (Lipinski definition) is 4. The second-order valence-corrected chi connectivity index (χ2v) is 8.94. The first kappa shape index (κ1) is 21.5. The monoisotopic (exact) mass is 420 g/mol. The molecule has 2 aromatic rings. The molecule has 0 bridgehead atoms. The molecule has 2 atom stereocenters. The summed E-state index contributed by atoms with van der Waals surface area (Å²) in [5.74, 6) is 0.113. The Morgan fingerprint density at radius 2 is 1.65 bits per heavy atom. The lowest BCUT2D eigenvalue weighted by Gasteiger charge is -2.33. The average Bonchev–Trinajstić information content (AvgIpc) is 3.23. The lowest BCUT2D eigenvalue weighted by Crippen LogP contribution is -2.51. The average molecular weight is 421 g/mol. The first-order valence-corrected chi connectivity index (χ1v) is 11.2. The zero-order valence-electron chi connectivity index (χ0n) is 18.6. The standard InChI is InChI=1S/C25H32N4O2/c1-16-12-17(2)14-19(13-16)24(30)26-20-8-10-29(11-9-20)25(31)23-15-22(27-28-23)21-7-5-4-6-18(21)3/h4-7,12-14,20,22-23,27-28H,8-11,15H2,1-3H3,(H,26,30). The molecule has 0 aliphatic carbocycles. The van der Waals surface area contributed by atoms with Gasteiger partial charge < -0.3 is 10.2 Å². The molecule has 2 fully saturated rings. The lowest BCUT2D eigenvalue weighted by molar-refractivity contribution is -0.134. The Morgan fingerprint density at radius 3 is 2.32 bits per heavy atom. The van der Waals surface area contributed by atoms with Gasteiger partial charge in [-0.1, -0.05) is 41.5 Å². The molecule has 2 unspecified atom stereocenters. The number of rotatable bonds is 4. The highest BCUT2D eigenvalue weighted by atomic mass is 16.2. The molecule has 2 amide bonds. The number of nitrogens with one attached hydrogen (secondary N) is 3. The Morgan fingerprint density at radius 1 is 0.968 bits per heavy atom. The van der Waals surface area contributed by atoms with Crippen molar-refractivity contribution in [2.75, 3.05) is 13.1 Å². The zero-order valence-corrected chi connectivity index (χ0v) is 18.6. The molecular weight excluding hydrogens is 388 g/mol. The number of carbonyl (C=O) groups excluding carboxylic acids is 2. The van der Waals surface area contributed by atoms with Crippen LogP contribution in [0.4, 0.5) is 0 Å². The van der Waals surface area contributed by atoms with E-state index in [1.807, 2.05) is 43.0 Å². The molecule has 6 heteroatoms. The number of aryl methyl sites for hydroxylation is 3. The topological polar surface area (TPSA) is 73.5 Å². The highest BCUT2D eigenvalue weighted by Crippen LogP contribution is 2.26. The van der Waals surface area contributed by atoms with Crippen molar-refractivity contribution >= 4 is 11.8 Å². The summed E-state index contributed by atoms with van der Waals surface area (Å²) >= 11 is 0. The molecule has 3 N–H and O–H groups in total. The number of likely N-dealkylation sites (tertiary alicyclic amines) is 1. The third-order valence-electron chi connectivity index (χ3n) is 6.39. The van der Waals surface area contributed by atoms with Crippen LogP contribution in [-0.2, 0) is 4.79 Å². The Kier molecular flexibility index (Phi) is 6.39. The first-order chi connectivity index (χ1) is 14.9. The fourth-order valence-electron chi connectivity index (χ4n) is 4.74. The van der Waals surface area contributed by atoms with Crippen LogP contribution < -0.4 is 16.2 Å². The normalized spacial score (nSPS) is 21.8. The molecule has 0 saturated carbocycles. The summed E-state index contributed by atoms with van der Waals surface area (Å²) in [7, 11) is 0. The number of hydrogen-bond donors (Lipinski definition) is 3. The molecule has 164 valence electrons. The van der Waals surface area contributed by atoms with Crippen molar-refractivity contribution in [3.8, 4) is 0 Å². The van der Waals surface area contributed by atoms with Crippen LogP contribution in [0.15, 0.2) is 42.5 Å². The van der Waals surface area contributed by atoms with E-state index in [9.17, 15) is 9.59 Å². The van der Waals surface area contributed by atoms with Crippen molar-refractivity contribution in [3.05, 3.63) is 70.3 Å². The maximum atomic E-state index is 13.0. The number of piperidine rings is 1. The van der Waals surface area contributed by atoms with Gasteiger partial charge in [0.25, 0.3) is 5.91 Å². The molecule has 0 radical (unpaired) electrons. The van der Waals surface area contributed by atoms with Crippen molar-refractivity contribution in [1.82, 2.24) is 21.1 Å². The van der Waals surface area contributed by atoms with Crippen LogP contribution in [0.3, 0.4) is 0 Å². The molecule has 31 heavy (non-hydrogen) atoms. The maximum absolute atomic E-state index is 13.0. The van der Waals surface area contributed by atoms with Gasteiger partial charge >= 0.3 is 0 Å². The fraction of sp³-hybridized carbons (Fsp3) is 0.440. The summed E-state index contributed by atoms with van der Waals surface area (Å²) in [4.78, 5) is 27.6. The van der Waals surface area contributed by atoms with Gasteiger partial charge in [0.15, 0.2) is 0 Å². The summed E-state index contributed by atoms with van der Waals surface area (Å²) in [6.07, 6.45) is 2.31. The van der Waals surface area contributed by atoms with E-state index in [-0.39, 0.29) is 29.9 Å². The number of nitrogens with zero attached hydrogens (tertiary/aromatic N) is 1. The first-order valence-electron chi connectivity index (χ1n) is 11.2. The SMILES string of the molecule is Cc1cc(C)cc(C(=O)NC2CCN(C(=O)C3CC(c4ccccc4C)NN3)CC2)c1. The summed E-state index contributed by atoms with van der Waals surface area (Å²) in [6.45, 7) is 7.45. The largest absolute Gasteiger partial charge is 0.349 e. The maximum Gasteiger partial charge on any atom is 0.251 e. The molecule has 4 rings (SSSR count). The molecule has 0 spiro atoms. The van der Waals surface area contributed by atoms with Crippen LogP contribution >= 0.6 is 0 Å². The molecule has 2 saturated heterocycles. The van der Waals surface area contributed by atoms with Crippen LogP contribution in [0.25, 0.3) is 0 Å². The van der Waals surface area contributed by atoms with Gasteiger partial charge in [0.1, 0.15) is 6.04 Å². The molecule has 0 aromatic heterocycles. The van der Waals surface area contributed by atoms with Gasteiger partial charge in [-0.25, -0.2) is 10.9 Å². The van der Waals surface area contributed by atoms with Gasteiger partial charge in [0.2, 0.25) is 5.91 Å². The fourth-order valence-corrected chi connectivity index (χ4v) is 4.74. The van der Waals surface area contributed by atoms with E-state index in [0.29, 0.717) is 18.7 Å². The number of carbonyl (C=O) groups is 2. The van der Waals surface area contributed by atoms with Crippen LogP contribution in [0.1, 0.15) is 57.9 Å². The summed E-state index contributed by atoms with van der Waals surface area (Å²) in [5, 5.41) is 3.15. The number of hydrazine groups is 1. The van der Waals surface area contributed by atoms with E-state index in [0.717, 1.165) is 30.4 Å². The summed E-state index contributed by atoms with van der Waals surface area (Å²) < 4.78 is 0. The van der Waals surface area contributed by atoms with Gasteiger partial charge in [-0.15, -0.1) is 0 Å². The minimum atomic E-state index is -0.217. The minimum absolute atomic E-state index is 0.0284. The van der Waals surface area contributed by atoms with E-state index >= 15 is 0 Å². The van der Waals surface area contributed by atoms with Crippen molar-refractivity contribution < 1.29 is 9.59 Å². The van der Waals surface area contributed by atoms with E-state index < -0.39 is 0 Å². The third-order valence-corrected chi connectivity index (χ3v) is 6.39. The highest BCUT2D eigenvalue weighted by Gasteiger charge is 2.35. The van der Waals surface area contributed by atoms with E-state index in [1.165, 1.54) is 11.1 Å². The summed E-state index contributed by atoms with van der Waals surface area (Å²) in [5.41, 5.74) is 11.8. The minimum Gasteiger partial charge on any atom is -0.349 e. The molecule has 2 aliphatic heterocycles. The van der Waals surface area contributed by atoms with Crippen molar-refractivity contribution in [3.63, 3.8) is 0 Å². The smallest absolute Gasteiger partial charge is 0.251 e. The van der Waals surface area contributed by atoms with Gasteiger partial charge in [-0.05, 0) is 63.3 Å². The van der Waals surface area contributed by atoms with Gasteiger partial charge in [0, 0.05) is 30.7 Å². The predicted molar refractivity (Wildman–Crippen MR) is 122 cm³/mol. The van der Waals surface area contributed by atoms with Crippen molar-refractivity contribution in [1.29, 1.82) is 0 Å². The Bertz CT molecular complexity index is 945. The van der Waals surface area contributed by atoms with Gasteiger partial charge in [-0.3, -0.25) is 9.59 Å². The molecule has 6 nitrogen and oxygen atoms in total. The predicted octanol–water partition coefficient (Wildman–Crippen LogP) is 2.94. The van der Waals surface area contributed by atoms with Crippen LogP contribution in [0, 0.1) is 20.8 Å². The van der Waals surface area contributed by atoms with E-state index in [4.69, 9.17) is 0 Å². The molecule has 2 aromatic carbocycles. The van der Waals surface area contributed by atoms with Gasteiger partial charge in [-0.2, -0.15) is 0 Å². The quantitative estimate of drug-likeness (QED) is 0.711. The molecule has 2 aliphatic rings. The van der Waals surface area contributed by atoms with Crippen LogP contribution in [-0.4, -0.2) is 41.9 Å². The summed E-state index contributed by atoms with van der Waals surface area (Å²) in [6, 6.07) is 14.2. The second kappa shape index (κ2) is 9.20. The van der Waals surface area contributed by atoms with Gasteiger partial charge in [0.05, 0.1) is 0 Å². The lowest BCUT2D eigenvalue weighted by atomic mass is 9.97. The Labute approximate surface area is 184 Å². The van der Waals surface area contributed by atoms with E-state index in [1.54, 1.807) is 0 Å². The highest BCUT2D eigenvalue weighted by molar-refractivity contribution is 5.94.